The maximum absolute atomic E-state index is 12.6. The highest BCUT2D eigenvalue weighted by Crippen LogP contribution is 2.26. The van der Waals surface area contributed by atoms with Crippen LogP contribution in [0.1, 0.15) is 13.3 Å². The van der Waals surface area contributed by atoms with E-state index in [-0.39, 0.29) is 13.1 Å². The van der Waals surface area contributed by atoms with Crippen molar-refractivity contribution in [1.82, 2.24) is 9.80 Å². The fraction of sp³-hybridized carbons (Fsp3) is 1.00. The van der Waals surface area contributed by atoms with Gasteiger partial charge in [0.25, 0.3) is 0 Å². The first-order chi connectivity index (χ1) is 7.97. The number of rotatable bonds is 5. The minimum absolute atomic E-state index is 0.0416. The SMILES string of the molecule is CCCN1CCN(CC(CN)C(F)(F)F)CC1. The summed E-state index contributed by atoms with van der Waals surface area (Å²) in [6.45, 7) is 6.03. The summed E-state index contributed by atoms with van der Waals surface area (Å²) in [4.78, 5) is 4.17. The van der Waals surface area contributed by atoms with Crippen molar-refractivity contribution in [2.45, 2.75) is 19.5 Å². The van der Waals surface area contributed by atoms with Gasteiger partial charge in [-0.3, -0.25) is 0 Å². The molecule has 1 aliphatic rings. The van der Waals surface area contributed by atoms with Gasteiger partial charge in [-0.2, -0.15) is 13.2 Å². The number of halogens is 3. The van der Waals surface area contributed by atoms with Gasteiger partial charge in [-0.15, -0.1) is 0 Å². The van der Waals surface area contributed by atoms with Crippen molar-refractivity contribution in [2.75, 3.05) is 45.8 Å². The van der Waals surface area contributed by atoms with E-state index in [4.69, 9.17) is 5.73 Å². The molecule has 3 nitrogen and oxygen atoms in total. The highest BCUT2D eigenvalue weighted by atomic mass is 19.4. The summed E-state index contributed by atoms with van der Waals surface area (Å²) in [7, 11) is 0. The lowest BCUT2D eigenvalue weighted by Gasteiger charge is -2.36. The summed E-state index contributed by atoms with van der Waals surface area (Å²) in [5.74, 6) is -1.39. The Labute approximate surface area is 101 Å². The zero-order valence-corrected chi connectivity index (χ0v) is 10.3. The highest BCUT2D eigenvalue weighted by Gasteiger charge is 2.39. The van der Waals surface area contributed by atoms with Crippen molar-refractivity contribution in [2.24, 2.45) is 11.7 Å². The smallest absolute Gasteiger partial charge is 0.330 e. The number of piperazine rings is 1. The Morgan fingerprint density at radius 2 is 1.65 bits per heavy atom. The third-order valence-electron chi connectivity index (χ3n) is 3.23. The van der Waals surface area contributed by atoms with E-state index in [1.54, 1.807) is 0 Å². The third kappa shape index (κ3) is 4.81. The lowest BCUT2D eigenvalue weighted by molar-refractivity contribution is -0.177. The molecule has 0 aliphatic carbocycles. The van der Waals surface area contributed by atoms with Crippen molar-refractivity contribution in [3.05, 3.63) is 0 Å². The molecule has 0 saturated carbocycles. The second-order valence-corrected chi connectivity index (χ2v) is 4.62. The molecule has 102 valence electrons. The van der Waals surface area contributed by atoms with E-state index in [0.717, 1.165) is 26.1 Å². The average Bonchev–Trinajstić information content (AvgIpc) is 2.27. The summed E-state index contributed by atoms with van der Waals surface area (Å²) in [5, 5.41) is 0. The molecule has 0 aromatic heterocycles. The minimum atomic E-state index is -4.17. The van der Waals surface area contributed by atoms with E-state index < -0.39 is 12.1 Å². The second-order valence-electron chi connectivity index (χ2n) is 4.62. The number of alkyl halides is 3. The molecule has 1 atom stereocenters. The van der Waals surface area contributed by atoms with E-state index in [1.165, 1.54) is 0 Å². The van der Waals surface area contributed by atoms with Crippen LogP contribution in [0.3, 0.4) is 0 Å². The summed E-state index contributed by atoms with van der Waals surface area (Å²) >= 11 is 0. The van der Waals surface area contributed by atoms with E-state index in [2.05, 4.69) is 11.8 Å². The molecule has 1 rings (SSSR count). The summed E-state index contributed by atoms with van der Waals surface area (Å²) in [5.41, 5.74) is 5.19. The average molecular weight is 253 g/mol. The first kappa shape index (κ1) is 14.7. The van der Waals surface area contributed by atoms with Gasteiger partial charge in [0.05, 0.1) is 5.92 Å². The van der Waals surface area contributed by atoms with Crippen LogP contribution in [0.15, 0.2) is 0 Å². The second kappa shape index (κ2) is 6.56. The van der Waals surface area contributed by atoms with E-state index in [9.17, 15) is 13.2 Å². The van der Waals surface area contributed by atoms with Gasteiger partial charge in [0.1, 0.15) is 0 Å². The Balaban J connectivity index is 2.34. The van der Waals surface area contributed by atoms with Gasteiger partial charge in [-0.1, -0.05) is 6.92 Å². The van der Waals surface area contributed by atoms with Crippen molar-refractivity contribution in [3.8, 4) is 0 Å². The molecule has 1 saturated heterocycles. The first-order valence-electron chi connectivity index (χ1n) is 6.18. The van der Waals surface area contributed by atoms with Crippen LogP contribution in [0.2, 0.25) is 0 Å². The molecule has 2 N–H and O–H groups in total. The molecule has 1 fully saturated rings. The predicted molar refractivity (Wildman–Crippen MR) is 61.8 cm³/mol. The molecule has 1 unspecified atom stereocenters. The van der Waals surface area contributed by atoms with Crippen molar-refractivity contribution < 1.29 is 13.2 Å². The van der Waals surface area contributed by atoms with Crippen LogP contribution in [0, 0.1) is 5.92 Å². The zero-order chi connectivity index (χ0) is 12.9. The monoisotopic (exact) mass is 253 g/mol. The van der Waals surface area contributed by atoms with Crippen LogP contribution in [-0.2, 0) is 0 Å². The fourth-order valence-electron chi connectivity index (χ4n) is 2.14. The molecule has 1 heterocycles. The maximum atomic E-state index is 12.6. The van der Waals surface area contributed by atoms with Gasteiger partial charge in [0.15, 0.2) is 0 Å². The Hall–Kier alpha value is -0.330. The molecule has 0 bridgehead atoms. The molecule has 1 aliphatic heterocycles. The van der Waals surface area contributed by atoms with E-state index in [1.807, 2.05) is 4.90 Å². The molecule has 0 aromatic carbocycles. The molecule has 0 amide bonds. The fourth-order valence-corrected chi connectivity index (χ4v) is 2.14. The molecule has 0 spiro atoms. The Morgan fingerprint density at radius 3 is 2.06 bits per heavy atom. The minimum Gasteiger partial charge on any atom is -0.330 e. The van der Waals surface area contributed by atoms with Gasteiger partial charge < -0.3 is 15.5 Å². The first-order valence-corrected chi connectivity index (χ1v) is 6.18. The van der Waals surface area contributed by atoms with Crippen molar-refractivity contribution in [3.63, 3.8) is 0 Å². The lowest BCUT2D eigenvalue weighted by atomic mass is 10.1. The normalized spacial score (nSPS) is 21.7. The van der Waals surface area contributed by atoms with Crippen LogP contribution in [0.5, 0.6) is 0 Å². The Bertz CT molecular complexity index is 212. The van der Waals surface area contributed by atoms with Gasteiger partial charge >= 0.3 is 6.18 Å². The van der Waals surface area contributed by atoms with E-state index in [0.29, 0.717) is 13.1 Å². The van der Waals surface area contributed by atoms with Crippen LogP contribution < -0.4 is 5.73 Å². The number of hydrogen-bond acceptors (Lipinski definition) is 3. The predicted octanol–water partition coefficient (Wildman–Crippen LogP) is 1.15. The Kier molecular flexibility index (Phi) is 5.69. The molecular weight excluding hydrogens is 231 g/mol. The zero-order valence-electron chi connectivity index (χ0n) is 10.3. The largest absolute Gasteiger partial charge is 0.394 e. The molecular formula is C11H22F3N3. The van der Waals surface area contributed by atoms with Crippen LogP contribution in [-0.4, -0.2) is 61.8 Å². The van der Waals surface area contributed by atoms with Crippen LogP contribution in [0.4, 0.5) is 13.2 Å². The number of nitrogens with two attached hydrogens (primary N) is 1. The van der Waals surface area contributed by atoms with Gasteiger partial charge in [-0.05, 0) is 13.0 Å². The summed E-state index contributed by atoms with van der Waals surface area (Å²) in [6.07, 6.45) is -3.08. The summed E-state index contributed by atoms with van der Waals surface area (Å²) < 4.78 is 37.7. The molecule has 6 heteroatoms. The molecule has 0 aromatic rings. The standard InChI is InChI=1S/C11H22F3N3/c1-2-3-16-4-6-17(7-5-16)9-10(8-15)11(12,13)14/h10H,2-9,15H2,1H3. The van der Waals surface area contributed by atoms with Crippen molar-refractivity contribution in [1.29, 1.82) is 0 Å². The van der Waals surface area contributed by atoms with Crippen LogP contribution >= 0.6 is 0 Å². The third-order valence-corrected chi connectivity index (χ3v) is 3.23. The van der Waals surface area contributed by atoms with Gasteiger partial charge in [0, 0.05) is 39.3 Å². The van der Waals surface area contributed by atoms with Gasteiger partial charge in [0.2, 0.25) is 0 Å². The summed E-state index contributed by atoms with van der Waals surface area (Å²) in [6, 6.07) is 0. The maximum Gasteiger partial charge on any atom is 0.394 e. The molecule has 17 heavy (non-hydrogen) atoms. The van der Waals surface area contributed by atoms with Crippen LogP contribution in [0.25, 0.3) is 0 Å². The molecule has 0 radical (unpaired) electrons. The Morgan fingerprint density at radius 1 is 1.12 bits per heavy atom. The number of hydrogen-bond donors (Lipinski definition) is 1. The highest BCUT2D eigenvalue weighted by molar-refractivity contribution is 4.77. The topological polar surface area (TPSA) is 32.5 Å². The quantitative estimate of drug-likeness (QED) is 0.798. The lowest BCUT2D eigenvalue weighted by Crippen LogP contribution is -2.50. The van der Waals surface area contributed by atoms with E-state index >= 15 is 0 Å². The number of nitrogens with zero attached hydrogens (tertiary/aromatic N) is 2. The van der Waals surface area contributed by atoms with Crippen molar-refractivity contribution >= 4 is 0 Å². The van der Waals surface area contributed by atoms with Gasteiger partial charge in [-0.25, -0.2) is 0 Å².